The SMILES string of the molecule is CC1CC(O)C(F)(COP(=O)(O)OP(=O)(O)OP(=O)(O)O)O1. The second-order valence-electron chi connectivity index (χ2n) is 4.33. The summed E-state index contributed by atoms with van der Waals surface area (Å²) in [6.45, 7) is 0.0670. The minimum Gasteiger partial charge on any atom is -0.387 e. The Kier molecular flexibility index (Phi) is 6.13. The van der Waals surface area contributed by atoms with Gasteiger partial charge in [-0.2, -0.15) is 8.62 Å². The van der Waals surface area contributed by atoms with Gasteiger partial charge in [0, 0.05) is 6.42 Å². The molecule has 0 saturated carbocycles. The molecule has 22 heavy (non-hydrogen) atoms. The minimum atomic E-state index is -5.67. The van der Waals surface area contributed by atoms with Gasteiger partial charge >= 0.3 is 23.5 Å². The fraction of sp³-hybridized carbons (Fsp3) is 1.00. The minimum absolute atomic E-state index is 0.129. The number of rotatable bonds is 7. The zero-order chi connectivity index (χ0) is 17.4. The van der Waals surface area contributed by atoms with Crippen LogP contribution in [0.3, 0.4) is 0 Å². The fourth-order valence-electron chi connectivity index (χ4n) is 1.55. The summed E-state index contributed by atoms with van der Waals surface area (Å²) in [5, 5.41) is 9.38. The predicted molar refractivity (Wildman–Crippen MR) is 64.8 cm³/mol. The van der Waals surface area contributed by atoms with Crippen LogP contribution in [0.5, 0.6) is 0 Å². The highest BCUT2D eigenvalue weighted by molar-refractivity contribution is 7.66. The van der Waals surface area contributed by atoms with Crippen molar-refractivity contribution in [2.24, 2.45) is 0 Å². The first kappa shape index (κ1) is 20.3. The zero-order valence-corrected chi connectivity index (χ0v) is 13.6. The highest BCUT2D eigenvalue weighted by atomic mass is 31.3. The van der Waals surface area contributed by atoms with Gasteiger partial charge in [-0.1, -0.05) is 0 Å². The van der Waals surface area contributed by atoms with Gasteiger partial charge in [0.2, 0.25) is 0 Å². The van der Waals surface area contributed by atoms with Crippen LogP contribution >= 0.6 is 23.5 Å². The molecule has 0 bridgehead atoms. The largest absolute Gasteiger partial charge is 0.490 e. The van der Waals surface area contributed by atoms with E-state index in [9.17, 15) is 23.2 Å². The molecular formula is C6H14FO12P3. The lowest BCUT2D eigenvalue weighted by atomic mass is 10.1. The molecule has 0 amide bonds. The number of aliphatic hydroxyl groups is 1. The van der Waals surface area contributed by atoms with Crippen molar-refractivity contribution in [3.05, 3.63) is 0 Å². The van der Waals surface area contributed by atoms with E-state index in [1.54, 1.807) is 0 Å². The number of phosphoric acid groups is 3. The molecule has 5 atom stereocenters. The maximum atomic E-state index is 14.0. The maximum Gasteiger partial charge on any atom is 0.490 e. The van der Waals surface area contributed by atoms with E-state index < -0.39 is 48.1 Å². The van der Waals surface area contributed by atoms with Crippen molar-refractivity contribution in [1.29, 1.82) is 0 Å². The van der Waals surface area contributed by atoms with Gasteiger partial charge < -0.3 is 29.4 Å². The van der Waals surface area contributed by atoms with Gasteiger partial charge in [-0.15, -0.1) is 0 Å². The van der Waals surface area contributed by atoms with Crippen LogP contribution < -0.4 is 0 Å². The predicted octanol–water partition coefficient (Wildman–Crippen LogP) is 0.165. The molecule has 0 aliphatic carbocycles. The molecule has 16 heteroatoms. The molecule has 0 spiro atoms. The van der Waals surface area contributed by atoms with Gasteiger partial charge in [-0.25, -0.2) is 18.1 Å². The molecule has 12 nitrogen and oxygen atoms in total. The number of phosphoric ester groups is 1. The molecule has 132 valence electrons. The van der Waals surface area contributed by atoms with Crippen molar-refractivity contribution in [3.8, 4) is 0 Å². The molecule has 5 N–H and O–H groups in total. The number of alkyl halides is 1. The number of ether oxygens (including phenoxy) is 1. The molecule has 0 radical (unpaired) electrons. The molecule has 0 aromatic carbocycles. The van der Waals surface area contributed by atoms with E-state index in [1.165, 1.54) is 6.92 Å². The summed E-state index contributed by atoms with van der Waals surface area (Å²) in [5.74, 6) is -2.86. The second-order valence-corrected chi connectivity index (χ2v) is 8.75. The van der Waals surface area contributed by atoms with Crippen LogP contribution in [0.4, 0.5) is 4.39 Å². The molecule has 1 rings (SSSR count). The first-order chi connectivity index (χ1) is 9.64. The van der Waals surface area contributed by atoms with Crippen molar-refractivity contribution >= 4 is 23.5 Å². The van der Waals surface area contributed by atoms with Crippen molar-refractivity contribution in [2.45, 2.75) is 31.4 Å². The lowest BCUT2D eigenvalue weighted by Crippen LogP contribution is -2.39. The van der Waals surface area contributed by atoms with Crippen LogP contribution in [0.1, 0.15) is 13.3 Å². The van der Waals surface area contributed by atoms with Gasteiger partial charge in [0.05, 0.1) is 6.10 Å². The second kappa shape index (κ2) is 6.64. The summed E-state index contributed by atoms with van der Waals surface area (Å²) < 4.78 is 62.3. The number of halogens is 1. The first-order valence-electron chi connectivity index (χ1n) is 5.47. The van der Waals surface area contributed by atoms with Gasteiger partial charge in [0.1, 0.15) is 12.7 Å². The fourth-order valence-corrected chi connectivity index (χ4v) is 4.59. The topological polar surface area (TPSA) is 189 Å². The number of hydrogen-bond donors (Lipinski definition) is 5. The van der Waals surface area contributed by atoms with Gasteiger partial charge in [0.25, 0.3) is 5.85 Å². The van der Waals surface area contributed by atoms with E-state index in [2.05, 4.69) is 17.9 Å². The molecule has 1 aliphatic heterocycles. The Morgan fingerprint density at radius 3 is 2.14 bits per heavy atom. The van der Waals surface area contributed by atoms with E-state index in [4.69, 9.17) is 19.6 Å². The monoisotopic (exact) mass is 390 g/mol. The van der Waals surface area contributed by atoms with Gasteiger partial charge in [0.15, 0.2) is 0 Å². The number of hydrogen-bond acceptors (Lipinski definition) is 8. The molecule has 1 heterocycles. The maximum absolute atomic E-state index is 14.0. The van der Waals surface area contributed by atoms with E-state index in [1.807, 2.05) is 0 Å². The Bertz CT molecular complexity index is 547. The first-order valence-corrected chi connectivity index (χ1v) is 9.99. The normalized spacial score (nSPS) is 35.0. The van der Waals surface area contributed by atoms with Crippen LogP contribution in [0.2, 0.25) is 0 Å². The van der Waals surface area contributed by atoms with Crippen LogP contribution in [0.25, 0.3) is 0 Å². The van der Waals surface area contributed by atoms with Crippen molar-refractivity contribution < 1.29 is 60.6 Å². The summed E-state index contributed by atoms with van der Waals surface area (Å²) in [4.78, 5) is 34.6. The standard InChI is InChI=1S/C6H14FO12P3/c1-4-2-5(8)6(7,17-4)3-16-21(12,13)19-22(14,15)18-20(9,10)11/h4-5,8H,2-3H2,1H3,(H,12,13)(H,14,15)(H2,9,10,11). The molecular weight excluding hydrogens is 376 g/mol. The average molecular weight is 390 g/mol. The Morgan fingerprint density at radius 2 is 1.73 bits per heavy atom. The van der Waals surface area contributed by atoms with Gasteiger partial charge in [-0.3, -0.25) is 4.52 Å². The Hall–Kier alpha value is 0.260. The molecule has 0 aromatic rings. The lowest BCUT2D eigenvalue weighted by Gasteiger charge is -2.24. The highest BCUT2D eigenvalue weighted by Crippen LogP contribution is 2.66. The van der Waals surface area contributed by atoms with Crippen LogP contribution in [-0.4, -0.2) is 49.3 Å². The lowest BCUT2D eigenvalue weighted by molar-refractivity contribution is -0.190. The Morgan fingerprint density at radius 1 is 1.18 bits per heavy atom. The number of aliphatic hydroxyl groups excluding tert-OH is 1. The molecule has 0 aromatic heterocycles. The van der Waals surface area contributed by atoms with E-state index in [0.29, 0.717) is 0 Å². The highest BCUT2D eigenvalue weighted by Gasteiger charge is 2.50. The third-order valence-electron chi connectivity index (χ3n) is 2.29. The molecule has 1 aliphatic rings. The molecule has 1 fully saturated rings. The summed E-state index contributed by atoms with van der Waals surface area (Å²) in [7, 11) is -16.6. The quantitative estimate of drug-likeness (QED) is 0.371. The third-order valence-corrected chi connectivity index (χ3v) is 6.07. The van der Waals surface area contributed by atoms with E-state index >= 15 is 0 Å². The van der Waals surface area contributed by atoms with Crippen LogP contribution in [0, 0.1) is 0 Å². The summed E-state index contributed by atoms with van der Waals surface area (Å²) >= 11 is 0. The van der Waals surface area contributed by atoms with Crippen LogP contribution in [-0.2, 0) is 31.6 Å². The Balaban J connectivity index is 2.67. The van der Waals surface area contributed by atoms with Crippen LogP contribution in [0.15, 0.2) is 0 Å². The van der Waals surface area contributed by atoms with Crippen molar-refractivity contribution in [2.75, 3.05) is 6.61 Å². The molecule has 1 saturated heterocycles. The zero-order valence-electron chi connectivity index (χ0n) is 10.9. The van der Waals surface area contributed by atoms with E-state index in [-0.39, 0.29) is 6.42 Å². The summed E-state index contributed by atoms with van der Waals surface area (Å²) in [6.07, 6.45) is -2.53. The van der Waals surface area contributed by atoms with E-state index in [0.717, 1.165) is 0 Å². The molecule has 5 unspecified atom stereocenters. The average Bonchev–Trinajstić information content (AvgIpc) is 2.45. The van der Waals surface area contributed by atoms with Crippen molar-refractivity contribution in [1.82, 2.24) is 0 Å². The third kappa shape index (κ3) is 6.40. The van der Waals surface area contributed by atoms with Gasteiger partial charge in [-0.05, 0) is 6.92 Å². The summed E-state index contributed by atoms with van der Waals surface area (Å²) in [6, 6.07) is 0. The Labute approximate surface area is 123 Å². The van der Waals surface area contributed by atoms with Crippen molar-refractivity contribution in [3.63, 3.8) is 0 Å². The smallest absolute Gasteiger partial charge is 0.387 e. The summed E-state index contributed by atoms with van der Waals surface area (Å²) in [5.41, 5.74) is 0.